The van der Waals surface area contributed by atoms with Gasteiger partial charge in [-0.15, -0.1) is 0 Å². The molecule has 1 fully saturated rings. The molecule has 1 N–H and O–H groups in total. The van der Waals surface area contributed by atoms with Crippen LogP contribution in [-0.4, -0.2) is 16.3 Å². The molecule has 0 radical (unpaired) electrons. The zero-order valence-corrected chi connectivity index (χ0v) is 8.16. The van der Waals surface area contributed by atoms with Gasteiger partial charge in [-0.3, -0.25) is 4.68 Å². The van der Waals surface area contributed by atoms with E-state index >= 15 is 0 Å². The van der Waals surface area contributed by atoms with E-state index in [2.05, 4.69) is 16.5 Å². The molecule has 1 aromatic rings. The Balaban J connectivity index is 1.67. The van der Waals surface area contributed by atoms with Crippen molar-refractivity contribution >= 4 is 0 Å². The molecule has 13 heavy (non-hydrogen) atoms. The first kappa shape index (κ1) is 8.75. The molecule has 0 atom stereocenters. The van der Waals surface area contributed by atoms with Crippen LogP contribution < -0.4 is 5.32 Å². The summed E-state index contributed by atoms with van der Waals surface area (Å²) in [5, 5.41) is 7.75. The summed E-state index contributed by atoms with van der Waals surface area (Å²) in [6.45, 7) is 2.08. The van der Waals surface area contributed by atoms with E-state index in [1.807, 2.05) is 17.9 Å². The second-order valence-corrected chi connectivity index (χ2v) is 3.91. The predicted molar refractivity (Wildman–Crippen MR) is 52.3 cm³/mol. The van der Waals surface area contributed by atoms with Crippen LogP contribution in [0, 0.1) is 5.92 Å². The average molecular weight is 179 g/mol. The topological polar surface area (TPSA) is 29.9 Å². The summed E-state index contributed by atoms with van der Waals surface area (Å²) in [5.74, 6) is 0.934. The number of aromatic nitrogens is 2. The van der Waals surface area contributed by atoms with Crippen molar-refractivity contribution in [3.05, 3.63) is 18.0 Å². The minimum atomic E-state index is 0.914. The van der Waals surface area contributed by atoms with Gasteiger partial charge in [-0.1, -0.05) is 6.42 Å². The van der Waals surface area contributed by atoms with Crippen LogP contribution in [0.25, 0.3) is 0 Å². The first-order chi connectivity index (χ1) is 6.34. The Morgan fingerprint density at radius 2 is 2.46 bits per heavy atom. The maximum Gasteiger partial charge on any atom is 0.0762 e. The van der Waals surface area contributed by atoms with Crippen LogP contribution >= 0.6 is 0 Å². The molecule has 0 unspecified atom stereocenters. The SMILES string of the molecule is Cn1ccc(CNCC2CCC2)n1. The normalized spacial score (nSPS) is 17.3. The molecule has 0 amide bonds. The molecule has 1 heterocycles. The third kappa shape index (κ3) is 2.31. The van der Waals surface area contributed by atoms with E-state index in [0.29, 0.717) is 0 Å². The lowest BCUT2D eigenvalue weighted by Crippen LogP contribution is -2.27. The largest absolute Gasteiger partial charge is 0.311 e. The fraction of sp³-hybridized carbons (Fsp3) is 0.700. The van der Waals surface area contributed by atoms with Crippen molar-refractivity contribution in [2.75, 3.05) is 6.54 Å². The van der Waals surface area contributed by atoms with Crippen molar-refractivity contribution in [3.63, 3.8) is 0 Å². The van der Waals surface area contributed by atoms with Gasteiger partial charge in [-0.05, 0) is 31.4 Å². The highest BCUT2D eigenvalue weighted by atomic mass is 15.3. The van der Waals surface area contributed by atoms with Gasteiger partial charge in [0.05, 0.1) is 5.69 Å². The second kappa shape index (κ2) is 3.92. The smallest absolute Gasteiger partial charge is 0.0762 e. The zero-order valence-electron chi connectivity index (χ0n) is 8.16. The van der Waals surface area contributed by atoms with Gasteiger partial charge in [0.2, 0.25) is 0 Å². The van der Waals surface area contributed by atoms with Gasteiger partial charge < -0.3 is 5.32 Å². The molecule has 1 aliphatic carbocycles. The van der Waals surface area contributed by atoms with Crippen LogP contribution in [0.15, 0.2) is 12.3 Å². The lowest BCUT2D eigenvalue weighted by molar-refractivity contribution is 0.301. The van der Waals surface area contributed by atoms with Crippen molar-refractivity contribution in [3.8, 4) is 0 Å². The van der Waals surface area contributed by atoms with Crippen LogP contribution in [0.3, 0.4) is 0 Å². The monoisotopic (exact) mass is 179 g/mol. The fourth-order valence-electron chi connectivity index (χ4n) is 1.66. The molecule has 72 valence electrons. The summed E-state index contributed by atoms with van der Waals surface area (Å²) in [6, 6.07) is 2.06. The summed E-state index contributed by atoms with van der Waals surface area (Å²) < 4.78 is 1.85. The van der Waals surface area contributed by atoms with Gasteiger partial charge in [-0.25, -0.2) is 0 Å². The molecule has 1 aliphatic rings. The Bertz CT molecular complexity index is 263. The predicted octanol–water partition coefficient (Wildman–Crippen LogP) is 1.31. The van der Waals surface area contributed by atoms with Crippen LogP contribution in [-0.2, 0) is 13.6 Å². The average Bonchev–Trinajstić information content (AvgIpc) is 2.42. The summed E-state index contributed by atoms with van der Waals surface area (Å²) in [6.07, 6.45) is 6.24. The third-order valence-electron chi connectivity index (χ3n) is 2.73. The number of hydrogen-bond acceptors (Lipinski definition) is 2. The molecular formula is C10H17N3. The van der Waals surface area contributed by atoms with Crippen LogP contribution in [0.1, 0.15) is 25.0 Å². The van der Waals surface area contributed by atoms with Crippen molar-refractivity contribution in [2.45, 2.75) is 25.8 Å². The van der Waals surface area contributed by atoms with Crippen molar-refractivity contribution in [1.29, 1.82) is 0 Å². The lowest BCUT2D eigenvalue weighted by Gasteiger charge is -2.25. The Kier molecular flexibility index (Phi) is 2.64. The van der Waals surface area contributed by atoms with Crippen molar-refractivity contribution in [2.24, 2.45) is 13.0 Å². The van der Waals surface area contributed by atoms with Crippen LogP contribution in [0.4, 0.5) is 0 Å². The molecule has 3 nitrogen and oxygen atoms in total. The highest BCUT2D eigenvalue weighted by Crippen LogP contribution is 2.25. The summed E-state index contributed by atoms with van der Waals surface area (Å²) in [7, 11) is 1.95. The van der Waals surface area contributed by atoms with E-state index in [1.165, 1.54) is 19.3 Å². The Labute approximate surface area is 79.1 Å². The first-order valence-electron chi connectivity index (χ1n) is 5.04. The molecule has 2 rings (SSSR count). The molecule has 1 saturated carbocycles. The van der Waals surface area contributed by atoms with E-state index in [0.717, 1.165) is 24.7 Å². The number of rotatable bonds is 4. The number of nitrogens with one attached hydrogen (secondary N) is 1. The summed E-state index contributed by atoms with van der Waals surface area (Å²) >= 11 is 0. The van der Waals surface area contributed by atoms with Gasteiger partial charge in [0.1, 0.15) is 0 Å². The van der Waals surface area contributed by atoms with Crippen LogP contribution in [0.5, 0.6) is 0 Å². The van der Waals surface area contributed by atoms with Gasteiger partial charge >= 0.3 is 0 Å². The van der Waals surface area contributed by atoms with Gasteiger partial charge in [-0.2, -0.15) is 5.10 Å². The van der Waals surface area contributed by atoms with E-state index < -0.39 is 0 Å². The summed E-state index contributed by atoms with van der Waals surface area (Å²) in [4.78, 5) is 0. The minimum absolute atomic E-state index is 0.914. The second-order valence-electron chi connectivity index (χ2n) is 3.91. The standard InChI is InChI=1S/C10H17N3/c1-13-6-5-10(12-13)8-11-7-9-3-2-4-9/h5-6,9,11H,2-4,7-8H2,1H3. The quantitative estimate of drug-likeness (QED) is 0.755. The minimum Gasteiger partial charge on any atom is -0.311 e. The van der Waals surface area contributed by atoms with E-state index in [1.54, 1.807) is 0 Å². The van der Waals surface area contributed by atoms with E-state index in [-0.39, 0.29) is 0 Å². The van der Waals surface area contributed by atoms with Gasteiger partial charge in [0.15, 0.2) is 0 Å². The molecule has 0 spiro atoms. The molecule has 0 bridgehead atoms. The Morgan fingerprint density at radius 3 is 3.00 bits per heavy atom. The molecule has 0 aromatic carbocycles. The molecule has 0 saturated heterocycles. The van der Waals surface area contributed by atoms with Crippen molar-refractivity contribution < 1.29 is 0 Å². The van der Waals surface area contributed by atoms with E-state index in [9.17, 15) is 0 Å². The fourth-order valence-corrected chi connectivity index (χ4v) is 1.66. The van der Waals surface area contributed by atoms with Gasteiger partial charge in [0, 0.05) is 19.8 Å². The molecule has 1 aromatic heterocycles. The third-order valence-corrected chi connectivity index (χ3v) is 2.73. The van der Waals surface area contributed by atoms with E-state index in [4.69, 9.17) is 0 Å². The molecule has 3 heteroatoms. The molecule has 0 aliphatic heterocycles. The maximum absolute atomic E-state index is 4.31. The van der Waals surface area contributed by atoms with Crippen LogP contribution in [0.2, 0.25) is 0 Å². The highest BCUT2D eigenvalue weighted by Gasteiger charge is 2.16. The molecular weight excluding hydrogens is 162 g/mol. The highest BCUT2D eigenvalue weighted by molar-refractivity contribution is 4.97. The zero-order chi connectivity index (χ0) is 9.10. The maximum atomic E-state index is 4.31. The number of hydrogen-bond donors (Lipinski definition) is 1. The number of aryl methyl sites for hydroxylation is 1. The first-order valence-corrected chi connectivity index (χ1v) is 5.04. The lowest BCUT2D eigenvalue weighted by atomic mass is 9.85. The Morgan fingerprint density at radius 1 is 1.62 bits per heavy atom. The van der Waals surface area contributed by atoms with Gasteiger partial charge in [0.25, 0.3) is 0 Å². The summed E-state index contributed by atoms with van der Waals surface area (Å²) in [5.41, 5.74) is 1.14. The van der Waals surface area contributed by atoms with Crippen molar-refractivity contribution in [1.82, 2.24) is 15.1 Å². The Hall–Kier alpha value is -0.830. The number of nitrogens with zero attached hydrogens (tertiary/aromatic N) is 2.